The van der Waals surface area contributed by atoms with Gasteiger partial charge in [0.2, 0.25) is 5.91 Å². The van der Waals surface area contributed by atoms with Gasteiger partial charge in [0.1, 0.15) is 0 Å². The highest BCUT2D eigenvalue weighted by atomic mass is 16.2. The molecular formula is C11H22N2O. The van der Waals surface area contributed by atoms with Crippen LogP contribution in [-0.4, -0.2) is 36.0 Å². The summed E-state index contributed by atoms with van der Waals surface area (Å²) in [6, 6.07) is 1.12. The van der Waals surface area contributed by atoms with Gasteiger partial charge in [0.25, 0.3) is 0 Å². The summed E-state index contributed by atoms with van der Waals surface area (Å²) in [4.78, 5) is 13.7. The van der Waals surface area contributed by atoms with Gasteiger partial charge in [0.15, 0.2) is 0 Å². The van der Waals surface area contributed by atoms with E-state index in [0.717, 1.165) is 6.42 Å². The Hall–Kier alpha value is -0.570. The lowest BCUT2D eigenvalue weighted by molar-refractivity contribution is -0.131. The van der Waals surface area contributed by atoms with Gasteiger partial charge in [-0.2, -0.15) is 0 Å². The van der Waals surface area contributed by atoms with E-state index in [1.54, 1.807) is 0 Å². The number of carbonyl (C=O) groups excluding carboxylic acids is 1. The van der Waals surface area contributed by atoms with Crippen molar-refractivity contribution in [2.75, 3.05) is 7.05 Å². The molecule has 1 aliphatic heterocycles. The first-order valence-electron chi connectivity index (χ1n) is 5.46. The Kier molecular flexibility index (Phi) is 3.53. The highest BCUT2D eigenvalue weighted by Gasteiger charge is 2.37. The number of hydrogen-bond acceptors (Lipinski definition) is 2. The van der Waals surface area contributed by atoms with E-state index in [1.807, 2.05) is 11.9 Å². The van der Waals surface area contributed by atoms with E-state index in [9.17, 15) is 4.79 Å². The SMILES string of the molecule is CC(C)NC(C)[C@@H]1CC(C)N(C)C1=O. The van der Waals surface area contributed by atoms with E-state index in [4.69, 9.17) is 0 Å². The Morgan fingerprint density at radius 1 is 1.43 bits per heavy atom. The quantitative estimate of drug-likeness (QED) is 0.740. The first kappa shape index (κ1) is 11.5. The second-order valence-electron chi connectivity index (χ2n) is 4.75. The maximum Gasteiger partial charge on any atom is 0.227 e. The highest BCUT2D eigenvalue weighted by molar-refractivity contribution is 5.81. The van der Waals surface area contributed by atoms with Gasteiger partial charge in [-0.25, -0.2) is 0 Å². The number of rotatable bonds is 3. The molecule has 3 heteroatoms. The lowest BCUT2D eigenvalue weighted by atomic mass is 9.97. The molecule has 1 saturated heterocycles. The molecule has 1 heterocycles. The fourth-order valence-electron chi connectivity index (χ4n) is 2.17. The molecule has 0 aromatic carbocycles. The minimum atomic E-state index is 0.164. The number of amides is 1. The van der Waals surface area contributed by atoms with Gasteiger partial charge in [-0.05, 0) is 20.3 Å². The number of nitrogens with zero attached hydrogens (tertiary/aromatic N) is 1. The Bertz CT molecular complexity index is 215. The molecule has 82 valence electrons. The normalized spacial score (nSPS) is 30.1. The molecule has 0 aliphatic carbocycles. The molecule has 0 saturated carbocycles. The van der Waals surface area contributed by atoms with Gasteiger partial charge < -0.3 is 10.2 Å². The molecule has 3 atom stereocenters. The zero-order valence-electron chi connectivity index (χ0n) is 9.87. The van der Waals surface area contributed by atoms with Crippen molar-refractivity contribution in [3.63, 3.8) is 0 Å². The Labute approximate surface area is 86.9 Å². The van der Waals surface area contributed by atoms with Crippen LogP contribution >= 0.6 is 0 Å². The lowest BCUT2D eigenvalue weighted by Gasteiger charge is -2.21. The molecule has 0 aromatic rings. The summed E-state index contributed by atoms with van der Waals surface area (Å²) in [6.07, 6.45) is 0.982. The van der Waals surface area contributed by atoms with Crippen LogP contribution in [0.4, 0.5) is 0 Å². The second kappa shape index (κ2) is 4.30. The predicted molar refractivity (Wildman–Crippen MR) is 58.1 cm³/mol. The number of carbonyl (C=O) groups is 1. The molecular weight excluding hydrogens is 176 g/mol. The van der Waals surface area contributed by atoms with Crippen LogP contribution in [0.3, 0.4) is 0 Å². The maximum absolute atomic E-state index is 11.8. The van der Waals surface area contributed by atoms with Crippen molar-refractivity contribution in [3.05, 3.63) is 0 Å². The van der Waals surface area contributed by atoms with Crippen molar-refractivity contribution in [1.29, 1.82) is 0 Å². The van der Waals surface area contributed by atoms with Gasteiger partial charge in [0.05, 0.1) is 5.92 Å². The summed E-state index contributed by atoms with van der Waals surface area (Å²) in [7, 11) is 1.90. The Balaban J connectivity index is 2.57. The fraction of sp³-hybridized carbons (Fsp3) is 0.909. The molecule has 1 N–H and O–H groups in total. The van der Waals surface area contributed by atoms with Crippen molar-refractivity contribution in [2.24, 2.45) is 5.92 Å². The van der Waals surface area contributed by atoms with E-state index in [0.29, 0.717) is 12.1 Å². The monoisotopic (exact) mass is 198 g/mol. The van der Waals surface area contributed by atoms with Crippen LogP contribution in [0.5, 0.6) is 0 Å². The average Bonchev–Trinajstić information content (AvgIpc) is 2.32. The van der Waals surface area contributed by atoms with Crippen molar-refractivity contribution in [2.45, 2.75) is 52.2 Å². The fourth-order valence-corrected chi connectivity index (χ4v) is 2.17. The van der Waals surface area contributed by atoms with Crippen LogP contribution in [0.15, 0.2) is 0 Å². The van der Waals surface area contributed by atoms with E-state index >= 15 is 0 Å². The van der Waals surface area contributed by atoms with E-state index < -0.39 is 0 Å². The number of likely N-dealkylation sites (tertiary alicyclic amines) is 1. The number of hydrogen-bond donors (Lipinski definition) is 1. The maximum atomic E-state index is 11.8. The smallest absolute Gasteiger partial charge is 0.227 e. The van der Waals surface area contributed by atoms with Crippen molar-refractivity contribution >= 4 is 5.91 Å². The van der Waals surface area contributed by atoms with Crippen LogP contribution in [0, 0.1) is 5.92 Å². The average molecular weight is 198 g/mol. The molecule has 1 amide bonds. The molecule has 2 unspecified atom stereocenters. The molecule has 1 fully saturated rings. The lowest BCUT2D eigenvalue weighted by Crippen LogP contribution is -2.41. The molecule has 0 spiro atoms. The largest absolute Gasteiger partial charge is 0.343 e. The summed E-state index contributed by atoms with van der Waals surface area (Å²) >= 11 is 0. The minimum Gasteiger partial charge on any atom is -0.343 e. The topological polar surface area (TPSA) is 32.3 Å². The molecule has 1 rings (SSSR count). The van der Waals surface area contributed by atoms with Crippen LogP contribution in [0.1, 0.15) is 34.1 Å². The molecule has 14 heavy (non-hydrogen) atoms. The number of nitrogens with one attached hydrogen (secondary N) is 1. The van der Waals surface area contributed by atoms with Gasteiger partial charge in [-0.15, -0.1) is 0 Å². The zero-order valence-corrected chi connectivity index (χ0v) is 9.87. The molecule has 0 radical (unpaired) electrons. The van der Waals surface area contributed by atoms with Crippen LogP contribution in [-0.2, 0) is 4.79 Å². The standard InChI is InChI=1S/C11H22N2O/c1-7(2)12-9(4)10-6-8(3)13(5)11(10)14/h7-10,12H,6H2,1-5H3/t8?,9?,10-/m0/s1. The molecule has 1 aliphatic rings. The third kappa shape index (κ3) is 2.27. The van der Waals surface area contributed by atoms with E-state index in [-0.39, 0.29) is 17.9 Å². The first-order chi connectivity index (χ1) is 6.43. The summed E-state index contributed by atoms with van der Waals surface area (Å²) in [5.74, 6) is 0.454. The summed E-state index contributed by atoms with van der Waals surface area (Å²) in [5, 5.41) is 3.41. The zero-order chi connectivity index (χ0) is 10.9. The van der Waals surface area contributed by atoms with E-state index in [1.165, 1.54) is 0 Å². The third-order valence-electron chi connectivity index (χ3n) is 3.12. The highest BCUT2D eigenvalue weighted by Crippen LogP contribution is 2.25. The Morgan fingerprint density at radius 2 is 2.00 bits per heavy atom. The molecule has 0 aromatic heterocycles. The molecule has 0 bridgehead atoms. The molecule has 3 nitrogen and oxygen atoms in total. The van der Waals surface area contributed by atoms with Crippen LogP contribution in [0.25, 0.3) is 0 Å². The van der Waals surface area contributed by atoms with Gasteiger partial charge in [-0.3, -0.25) is 4.79 Å². The van der Waals surface area contributed by atoms with Crippen molar-refractivity contribution in [3.8, 4) is 0 Å². The summed E-state index contributed by atoms with van der Waals surface area (Å²) in [5.41, 5.74) is 0. The summed E-state index contributed by atoms with van der Waals surface area (Å²) < 4.78 is 0. The van der Waals surface area contributed by atoms with E-state index in [2.05, 4.69) is 33.0 Å². The van der Waals surface area contributed by atoms with Crippen molar-refractivity contribution in [1.82, 2.24) is 10.2 Å². The van der Waals surface area contributed by atoms with Crippen molar-refractivity contribution < 1.29 is 4.79 Å². The first-order valence-corrected chi connectivity index (χ1v) is 5.46. The summed E-state index contributed by atoms with van der Waals surface area (Å²) in [6.45, 7) is 8.45. The van der Waals surface area contributed by atoms with Gasteiger partial charge in [-0.1, -0.05) is 13.8 Å². The van der Waals surface area contributed by atoms with Crippen LogP contribution in [0.2, 0.25) is 0 Å². The predicted octanol–water partition coefficient (Wildman–Crippen LogP) is 1.24. The van der Waals surface area contributed by atoms with Gasteiger partial charge in [0, 0.05) is 25.2 Å². The van der Waals surface area contributed by atoms with Gasteiger partial charge >= 0.3 is 0 Å². The third-order valence-corrected chi connectivity index (χ3v) is 3.12. The van der Waals surface area contributed by atoms with Crippen LogP contribution < -0.4 is 5.32 Å². The Morgan fingerprint density at radius 3 is 2.36 bits per heavy atom. The minimum absolute atomic E-state index is 0.164. The second-order valence-corrected chi connectivity index (χ2v) is 4.75.